The number of piperazine rings is 4. The average Bonchev–Trinajstić information content (AvgIpc) is 0.774. The largest absolute Gasteiger partial charge is 0.508 e. The molecule has 0 bridgehead atoms. The van der Waals surface area contributed by atoms with Gasteiger partial charge in [0.15, 0.2) is 0 Å². The van der Waals surface area contributed by atoms with Crippen molar-refractivity contribution in [2.75, 3.05) is 192 Å². The number of phenolic OH excluding ortho intramolecular Hbond substituents is 1. The SMILES string of the molecule is C=CC(=O)N1CCN(c2nc(OC(C)CCC)nc3c2CCN(c2cc(O)cc4ccccc24)C3)CC1.C=CC(=O)N1CCN(c2nc(O[C@H](C)CN(C)C)nc3c2CCN(c2cccc4ccccc24)C3)CC1.C=CC(=O)N1CCN(c2ncnc3c2CCN(C(CO)c2ccccc2)C3)CC1.C=CC(=O)N1CCN(c2ncnc3c2CCN(c2cncc4ccccc24)C3)CC1. The zero-order valence-corrected chi connectivity index (χ0v) is 77.2. The fourth-order valence-corrected chi connectivity index (χ4v) is 19.5. The highest BCUT2D eigenvalue weighted by atomic mass is 16.5. The monoisotopic (exact) mass is 1790 g/mol. The first-order valence-corrected chi connectivity index (χ1v) is 46.6. The second-order valence-corrected chi connectivity index (χ2v) is 35.1. The summed E-state index contributed by atoms with van der Waals surface area (Å²) in [4.78, 5) is 118. The number of amides is 4. The van der Waals surface area contributed by atoms with Gasteiger partial charge in [0.2, 0.25) is 23.6 Å². The van der Waals surface area contributed by atoms with E-state index < -0.39 is 0 Å². The Morgan fingerprint density at radius 3 is 1.31 bits per heavy atom. The van der Waals surface area contributed by atoms with Crippen molar-refractivity contribution < 1.29 is 38.9 Å². The number of aliphatic hydroxyl groups is 1. The van der Waals surface area contributed by atoms with Gasteiger partial charge in [0.1, 0.15) is 47.8 Å². The Hall–Kier alpha value is -13.7. The maximum absolute atomic E-state index is 12.1. The molecule has 3 atom stereocenters. The van der Waals surface area contributed by atoms with Crippen molar-refractivity contribution in [1.82, 2.24) is 74.3 Å². The van der Waals surface area contributed by atoms with Gasteiger partial charge in [0.05, 0.1) is 73.0 Å². The normalized spacial score (nSPS) is 16.9. The van der Waals surface area contributed by atoms with Gasteiger partial charge in [-0.3, -0.25) is 29.1 Å². The molecule has 11 aromatic rings. The number of aromatic nitrogens is 9. The molecule has 0 aliphatic carbocycles. The van der Waals surface area contributed by atoms with Crippen molar-refractivity contribution in [3.8, 4) is 17.8 Å². The van der Waals surface area contributed by atoms with Crippen LogP contribution in [-0.4, -0.2) is 278 Å². The number of nitrogens with zero attached hydrogens (tertiary/aromatic N) is 22. The minimum atomic E-state index is -0.0410. The summed E-state index contributed by atoms with van der Waals surface area (Å²) in [6.45, 7) is 38.9. The van der Waals surface area contributed by atoms with E-state index in [1.165, 1.54) is 62.8 Å². The number of carbonyl (C=O) groups excluding carboxylic acids is 4. The molecule has 0 radical (unpaired) electrons. The Labute approximate surface area is 778 Å². The first kappa shape index (κ1) is 92.6. The molecular formula is C103H122N22O8. The van der Waals surface area contributed by atoms with E-state index in [9.17, 15) is 29.4 Å². The number of aromatic hydroxyl groups is 1. The van der Waals surface area contributed by atoms with Crippen LogP contribution in [0.3, 0.4) is 0 Å². The van der Waals surface area contributed by atoms with Gasteiger partial charge in [0, 0.05) is 211 Å². The van der Waals surface area contributed by atoms with Crippen LogP contribution in [0.1, 0.15) is 90.2 Å². The summed E-state index contributed by atoms with van der Waals surface area (Å²) in [6.07, 6.45) is 18.0. The van der Waals surface area contributed by atoms with E-state index in [4.69, 9.17) is 29.4 Å². The molecule has 4 saturated heterocycles. The summed E-state index contributed by atoms with van der Waals surface area (Å²) in [5.41, 5.74) is 13.3. The molecular weight excluding hydrogens is 1670 g/mol. The average molecular weight is 1800 g/mol. The lowest BCUT2D eigenvalue weighted by molar-refractivity contribution is -0.127. The number of fused-ring (bicyclic) bond motifs is 7. The lowest BCUT2D eigenvalue weighted by Crippen LogP contribution is -2.49. The van der Waals surface area contributed by atoms with E-state index in [2.05, 4.69) is 188 Å². The van der Waals surface area contributed by atoms with Crippen LogP contribution in [0.2, 0.25) is 0 Å². The fourth-order valence-electron chi connectivity index (χ4n) is 19.5. The second kappa shape index (κ2) is 43.1. The second-order valence-electron chi connectivity index (χ2n) is 35.1. The van der Waals surface area contributed by atoms with Gasteiger partial charge in [-0.1, -0.05) is 155 Å². The van der Waals surface area contributed by atoms with Crippen LogP contribution in [0.25, 0.3) is 32.3 Å². The van der Waals surface area contributed by atoms with E-state index in [0.29, 0.717) is 97.1 Å². The van der Waals surface area contributed by atoms with Gasteiger partial charge in [-0.05, 0) is 113 Å². The molecule has 8 aliphatic rings. The van der Waals surface area contributed by atoms with Crippen molar-refractivity contribution in [2.45, 2.75) is 104 Å². The number of anilines is 7. The standard InChI is InChI=1S/C29H36N6O2.C29H35N5O3.C23H24N6O.C22H27N5O2/c1-5-27(36)33-15-17-34(18-16-33)28-24-13-14-35(26-12-8-10-22-9-6-7-11-23(22)26)20-25(24)30-29(31-28)37-21(2)19-32(3)4;1-4-8-20(3)37-29-30-25-19-34(26-18-22(35)17-21-9-6-7-10-23(21)26)12-11-24(25)28(31-29)33-15-13-32(14-16-33)27(36)5-2;1-2-22(30)27-9-11-28(12-10-27)23-19-7-8-29(15-20(19)25-16-26-23)21-14-24-13-17-5-3-4-6-18(17)21;1-2-21(29)25-10-12-26(13-11-25)22-18-8-9-27(14-19(18)23-16-24-22)20(15-28)17-6-4-3-5-7-17/h5-12,21H,1,13-20H2,2-4H3;5-7,9-10,17-18,20,35H,2,4,8,11-16,19H2,1,3H3;2-6,13-14,16H,1,7-12,15H2;2-7,16,20,28H,1,8-15H2/t21-;;;/m1.../s1. The first-order valence-electron chi connectivity index (χ1n) is 46.6. The Morgan fingerprint density at radius 1 is 0.414 bits per heavy atom. The third-order valence-electron chi connectivity index (χ3n) is 26.3. The Kier molecular flexibility index (Phi) is 30.0. The van der Waals surface area contributed by atoms with Crippen LogP contribution < -0.4 is 43.8 Å². The predicted octanol–water partition coefficient (Wildman–Crippen LogP) is 11.5. The smallest absolute Gasteiger partial charge is 0.318 e. The number of rotatable bonds is 22. The van der Waals surface area contributed by atoms with Crippen LogP contribution in [0, 0.1) is 0 Å². The van der Waals surface area contributed by atoms with Gasteiger partial charge >= 0.3 is 12.0 Å². The quantitative estimate of drug-likeness (QED) is 0.0596. The van der Waals surface area contributed by atoms with Gasteiger partial charge in [-0.15, -0.1) is 0 Å². The number of aliphatic hydroxyl groups excluding tert-OH is 1. The molecule has 133 heavy (non-hydrogen) atoms. The Morgan fingerprint density at radius 2 is 0.820 bits per heavy atom. The van der Waals surface area contributed by atoms with Crippen molar-refractivity contribution in [3.63, 3.8) is 0 Å². The molecule has 5 aromatic heterocycles. The molecule has 2 unspecified atom stereocenters. The van der Waals surface area contributed by atoms with Crippen molar-refractivity contribution in [3.05, 3.63) is 260 Å². The summed E-state index contributed by atoms with van der Waals surface area (Å²) in [5, 5.41) is 27.4. The van der Waals surface area contributed by atoms with Crippen LogP contribution >= 0.6 is 0 Å². The van der Waals surface area contributed by atoms with E-state index >= 15 is 0 Å². The third-order valence-corrected chi connectivity index (χ3v) is 26.3. The maximum Gasteiger partial charge on any atom is 0.318 e. The molecule has 4 fully saturated rings. The van der Waals surface area contributed by atoms with Gasteiger partial charge in [-0.2, -0.15) is 19.9 Å². The highest BCUT2D eigenvalue weighted by molar-refractivity contribution is 5.97. The third kappa shape index (κ3) is 21.6. The summed E-state index contributed by atoms with van der Waals surface area (Å²) >= 11 is 0. The van der Waals surface area contributed by atoms with Crippen LogP contribution in [0.4, 0.5) is 40.3 Å². The number of hydrogen-bond acceptors (Lipinski definition) is 26. The summed E-state index contributed by atoms with van der Waals surface area (Å²) in [5.74, 6) is 4.05. The summed E-state index contributed by atoms with van der Waals surface area (Å²) < 4.78 is 12.4. The van der Waals surface area contributed by atoms with Crippen molar-refractivity contribution in [2.24, 2.45) is 0 Å². The van der Waals surface area contributed by atoms with Crippen LogP contribution in [0.5, 0.6) is 17.8 Å². The van der Waals surface area contributed by atoms with Gasteiger partial charge < -0.3 is 78.5 Å². The molecule has 30 nitrogen and oxygen atoms in total. The number of likely N-dealkylation sites (N-methyl/N-ethyl adjacent to an activating group) is 1. The number of phenols is 1. The van der Waals surface area contributed by atoms with Crippen LogP contribution in [0.15, 0.2) is 209 Å². The Bertz CT molecular complexity index is 5980. The number of hydrogen-bond donors (Lipinski definition) is 2. The number of ether oxygens (including phenoxy) is 2. The van der Waals surface area contributed by atoms with Crippen molar-refractivity contribution in [1.29, 1.82) is 0 Å². The summed E-state index contributed by atoms with van der Waals surface area (Å²) in [6, 6.07) is 46.1. The van der Waals surface area contributed by atoms with E-state index in [1.807, 2.05) is 102 Å². The van der Waals surface area contributed by atoms with Crippen molar-refractivity contribution >= 4 is 96.3 Å². The molecule has 30 heteroatoms. The summed E-state index contributed by atoms with van der Waals surface area (Å²) in [7, 11) is 4.07. The zero-order valence-electron chi connectivity index (χ0n) is 77.2. The van der Waals surface area contributed by atoms with Gasteiger partial charge in [-0.25, -0.2) is 19.9 Å². The van der Waals surface area contributed by atoms with E-state index in [0.717, 1.165) is 202 Å². The molecule has 692 valence electrons. The minimum Gasteiger partial charge on any atom is -0.508 e. The minimum absolute atomic E-state index is 0.00120. The Balaban J connectivity index is 0.000000130. The number of carbonyl (C=O) groups is 4. The molecule has 13 heterocycles. The molecule has 0 saturated carbocycles. The van der Waals surface area contributed by atoms with E-state index in [1.54, 1.807) is 18.7 Å². The zero-order chi connectivity index (χ0) is 92.6. The molecule has 8 aliphatic heterocycles. The number of benzene rings is 6. The lowest BCUT2D eigenvalue weighted by Gasteiger charge is -2.38. The fraction of sp³-hybridized carbons (Fsp3) is 0.388. The predicted molar refractivity (Wildman–Crippen MR) is 524 cm³/mol. The van der Waals surface area contributed by atoms with E-state index in [-0.39, 0.29) is 54.2 Å². The topological polar surface area (TPSA) is 285 Å². The number of pyridine rings is 1. The molecule has 4 amide bonds. The molecule has 2 N–H and O–H groups in total. The maximum atomic E-state index is 12.1. The molecule has 6 aromatic carbocycles. The molecule has 19 rings (SSSR count). The highest BCUT2D eigenvalue weighted by Crippen LogP contribution is 2.41. The van der Waals surface area contributed by atoms with Gasteiger partial charge in [0.25, 0.3) is 0 Å². The highest BCUT2D eigenvalue weighted by Gasteiger charge is 2.36. The lowest BCUT2D eigenvalue weighted by atomic mass is 9.99. The molecule has 0 spiro atoms. The van der Waals surface area contributed by atoms with Crippen LogP contribution in [-0.2, 0) is 71.0 Å². The first-order chi connectivity index (χ1) is 64.8.